The Bertz CT molecular complexity index is 1130. The van der Waals surface area contributed by atoms with Crippen molar-refractivity contribution in [2.24, 2.45) is 0 Å². The number of anilines is 1. The maximum Gasteiger partial charge on any atom is 0.277 e. The van der Waals surface area contributed by atoms with Gasteiger partial charge in [0.1, 0.15) is 5.76 Å². The number of rotatable bonds is 6. The zero-order chi connectivity index (χ0) is 22.7. The van der Waals surface area contributed by atoms with Gasteiger partial charge in [0.2, 0.25) is 0 Å². The minimum Gasteiger partial charge on any atom is -0.380 e. The van der Waals surface area contributed by atoms with Crippen molar-refractivity contribution in [2.75, 3.05) is 19.0 Å². The van der Waals surface area contributed by atoms with Crippen molar-refractivity contribution in [3.8, 4) is 0 Å². The monoisotopic (exact) mass is 435 g/mol. The highest BCUT2D eigenvalue weighted by Crippen LogP contribution is 2.32. The second-order valence-corrected chi connectivity index (χ2v) is 7.70. The number of nitrogens with one attached hydrogen (secondary N) is 1. The number of aryl methyl sites for hydroxylation is 2. The Hall–Kier alpha value is -3.59. The lowest BCUT2D eigenvalue weighted by atomic mass is 10.1. The van der Waals surface area contributed by atoms with Crippen LogP contribution in [-0.4, -0.2) is 45.5 Å². The van der Waals surface area contributed by atoms with Crippen molar-refractivity contribution in [3.63, 3.8) is 0 Å². The Labute approximate surface area is 185 Å². The Morgan fingerprint density at radius 3 is 2.75 bits per heavy atom. The van der Waals surface area contributed by atoms with Crippen LogP contribution in [0.15, 0.2) is 41.1 Å². The third-order valence-corrected chi connectivity index (χ3v) is 5.56. The molecule has 32 heavy (non-hydrogen) atoms. The smallest absolute Gasteiger partial charge is 0.277 e. The summed E-state index contributed by atoms with van der Waals surface area (Å²) in [6.07, 6.45) is 3.08. The van der Waals surface area contributed by atoms with Gasteiger partial charge in [-0.1, -0.05) is 23.4 Å². The van der Waals surface area contributed by atoms with Gasteiger partial charge < -0.3 is 19.5 Å². The van der Waals surface area contributed by atoms with Gasteiger partial charge in [-0.05, 0) is 38.8 Å². The fourth-order valence-corrected chi connectivity index (χ4v) is 3.88. The normalized spacial score (nSPS) is 15.7. The van der Waals surface area contributed by atoms with E-state index >= 15 is 0 Å². The minimum absolute atomic E-state index is 0.233. The molecule has 1 fully saturated rings. The van der Waals surface area contributed by atoms with Gasteiger partial charge in [0.25, 0.3) is 11.8 Å². The molecule has 1 aromatic carbocycles. The molecule has 0 saturated carbocycles. The number of hydrogen-bond donors (Lipinski definition) is 1. The van der Waals surface area contributed by atoms with Crippen LogP contribution in [0.3, 0.4) is 0 Å². The summed E-state index contributed by atoms with van der Waals surface area (Å²) in [7, 11) is 1.56. The van der Waals surface area contributed by atoms with Crippen LogP contribution < -0.4 is 5.32 Å². The molecule has 1 aliphatic rings. The zero-order valence-electron chi connectivity index (χ0n) is 18.3. The van der Waals surface area contributed by atoms with E-state index in [4.69, 9.17) is 9.26 Å². The SMILES string of the molecule is COCc1c(C(=O)N2CCC[C@H]2c2ncc(C(=O)Nc3ccccc3)c(C)n2)noc1C. The summed E-state index contributed by atoms with van der Waals surface area (Å²) < 4.78 is 10.4. The largest absolute Gasteiger partial charge is 0.380 e. The summed E-state index contributed by atoms with van der Waals surface area (Å²) in [4.78, 5) is 36.6. The van der Waals surface area contributed by atoms with E-state index < -0.39 is 0 Å². The van der Waals surface area contributed by atoms with E-state index in [9.17, 15) is 9.59 Å². The van der Waals surface area contributed by atoms with E-state index in [1.165, 1.54) is 6.20 Å². The number of ether oxygens (including phenoxy) is 1. The fraction of sp³-hybridized carbons (Fsp3) is 0.348. The highest BCUT2D eigenvalue weighted by Gasteiger charge is 2.35. The van der Waals surface area contributed by atoms with Crippen LogP contribution in [0.1, 0.15) is 62.6 Å². The third-order valence-electron chi connectivity index (χ3n) is 5.56. The predicted octanol–water partition coefficient (Wildman–Crippen LogP) is 3.46. The van der Waals surface area contributed by atoms with E-state index in [2.05, 4.69) is 20.4 Å². The number of aromatic nitrogens is 3. The molecule has 4 rings (SSSR count). The molecule has 9 heteroatoms. The summed E-state index contributed by atoms with van der Waals surface area (Å²) >= 11 is 0. The molecule has 3 heterocycles. The molecule has 3 aromatic rings. The molecule has 2 amide bonds. The number of likely N-dealkylation sites (tertiary alicyclic amines) is 1. The van der Waals surface area contributed by atoms with Crippen molar-refractivity contribution >= 4 is 17.5 Å². The molecule has 0 spiro atoms. The maximum atomic E-state index is 13.2. The highest BCUT2D eigenvalue weighted by atomic mass is 16.5. The minimum atomic E-state index is -0.292. The van der Waals surface area contributed by atoms with Gasteiger partial charge in [0.15, 0.2) is 11.5 Å². The van der Waals surface area contributed by atoms with Crippen LogP contribution in [0.25, 0.3) is 0 Å². The lowest BCUT2D eigenvalue weighted by Crippen LogP contribution is -2.32. The number of carbonyl (C=O) groups excluding carboxylic acids is 2. The highest BCUT2D eigenvalue weighted by molar-refractivity contribution is 6.04. The van der Waals surface area contributed by atoms with E-state index in [0.717, 1.165) is 12.8 Å². The molecule has 1 saturated heterocycles. The Morgan fingerprint density at radius 2 is 2.03 bits per heavy atom. The van der Waals surface area contributed by atoms with Crippen molar-refractivity contribution in [1.29, 1.82) is 0 Å². The molecule has 1 N–H and O–H groups in total. The van der Waals surface area contributed by atoms with Gasteiger partial charge in [-0.15, -0.1) is 0 Å². The topological polar surface area (TPSA) is 110 Å². The van der Waals surface area contributed by atoms with Gasteiger partial charge in [-0.3, -0.25) is 9.59 Å². The summed E-state index contributed by atoms with van der Waals surface area (Å²) in [6.45, 7) is 4.34. The molecule has 1 atom stereocenters. The first-order chi connectivity index (χ1) is 15.5. The van der Waals surface area contributed by atoms with Crippen LogP contribution >= 0.6 is 0 Å². The number of nitrogens with zero attached hydrogens (tertiary/aromatic N) is 4. The van der Waals surface area contributed by atoms with Crippen LogP contribution in [-0.2, 0) is 11.3 Å². The number of para-hydroxylation sites is 1. The number of benzene rings is 1. The number of methoxy groups -OCH3 is 1. The molecule has 0 bridgehead atoms. The molecule has 2 aromatic heterocycles. The van der Waals surface area contributed by atoms with E-state index in [-0.39, 0.29) is 30.2 Å². The summed E-state index contributed by atoms with van der Waals surface area (Å²) in [5, 5.41) is 6.80. The van der Waals surface area contributed by atoms with Crippen molar-refractivity contribution in [2.45, 2.75) is 39.3 Å². The summed E-state index contributed by atoms with van der Waals surface area (Å²) in [6, 6.07) is 8.91. The Kier molecular flexibility index (Phi) is 6.27. The predicted molar refractivity (Wildman–Crippen MR) is 116 cm³/mol. The van der Waals surface area contributed by atoms with E-state index in [1.807, 2.05) is 30.3 Å². The maximum absolute atomic E-state index is 13.2. The standard InChI is InChI=1S/C23H25N5O4/c1-14-17(22(29)26-16-8-5-4-6-9-16)12-24-21(25-14)19-10-7-11-28(19)23(30)20-18(13-31-3)15(2)32-27-20/h4-6,8-9,12,19H,7,10-11,13H2,1-3H3,(H,26,29)/t19-/m0/s1. The average Bonchev–Trinajstić information content (AvgIpc) is 3.42. The van der Waals surface area contributed by atoms with Gasteiger partial charge in [0, 0.05) is 25.5 Å². The molecule has 9 nitrogen and oxygen atoms in total. The molecular formula is C23H25N5O4. The number of hydrogen-bond acceptors (Lipinski definition) is 7. The molecule has 0 aliphatic carbocycles. The third kappa shape index (κ3) is 4.24. The first-order valence-corrected chi connectivity index (χ1v) is 10.4. The van der Waals surface area contributed by atoms with Gasteiger partial charge >= 0.3 is 0 Å². The summed E-state index contributed by atoms with van der Waals surface area (Å²) in [5.41, 5.74) is 2.55. The van der Waals surface area contributed by atoms with E-state index in [1.54, 1.807) is 25.9 Å². The quantitative estimate of drug-likeness (QED) is 0.631. The van der Waals surface area contributed by atoms with Crippen LogP contribution in [0.5, 0.6) is 0 Å². The molecule has 1 aliphatic heterocycles. The lowest BCUT2D eigenvalue weighted by Gasteiger charge is -2.23. The van der Waals surface area contributed by atoms with Crippen LogP contribution in [0, 0.1) is 13.8 Å². The second kappa shape index (κ2) is 9.27. The Morgan fingerprint density at radius 1 is 1.25 bits per heavy atom. The Balaban J connectivity index is 1.55. The summed E-state index contributed by atoms with van der Waals surface area (Å²) in [5.74, 6) is 0.565. The molecular weight excluding hydrogens is 410 g/mol. The van der Waals surface area contributed by atoms with E-state index in [0.29, 0.717) is 40.6 Å². The molecule has 0 unspecified atom stereocenters. The number of amides is 2. The molecule has 166 valence electrons. The van der Waals surface area contributed by atoms with Crippen LogP contribution in [0.4, 0.5) is 5.69 Å². The van der Waals surface area contributed by atoms with Gasteiger partial charge in [-0.2, -0.15) is 0 Å². The molecule has 0 radical (unpaired) electrons. The second-order valence-electron chi connectivity index (χ2n) is 7.70. The first-order valence-electron chi connectivity index (χ1n) is 10.4. The van der Waals surface area contributed by atoms with Crippen molar-refractivity contribution in [1.82, 2.24) is 20.0 Å². The first kappa shape index (κ1) is 21.6. The fourth-order valence-electron chi connectivity index (χ4n) is 3.88. The van der Waals surface area contributed by atoms with Crippen molar-refractivity contribution < 1.29 is 18.8 Å². The lowest BCUT2D eigenvalue weighted by molar-refractivity contribution is 0.0714. The van der Waals surface area contributed by atoms with Crippen LogP contribution in [0.2, 0.25) is 0 Å². The van der Waals surface area contributed by atoms with Gasteiger partial charge in [0.05, 0.1) is 29.5 Å². The van der Waals surface area contributed by atoms with Crippen molar-refractivity contribution in [3.05, 3.63) is 70.6 Å². The van der Waals surface area contributed by atoms with Gasteiger partial charge in [-0.25, -0.2) is 9.97 Å². The number of carbonyl (C=O) groups is 2. The zero-order valence-corrected chi connectivity index (χ0v) is 18.3. The average molecular weight is 435 g/mol.